The highest BCUT2D eigenvalue weighted by molar-refractivity contribution is 6.31. The molecular weight excluding hydrogens is 312 g/mol. The molecular formula is C17H21ClN4O. The predicted molar refractivity (Wildman–Crippen MR) is 94.6 cm³/mol. The number of rotatable bonds is 6. The minimum Gasteiger partial charge on any atom is -0.355 e. The molecule has 0 fully saturated rings. The summed E-state index contributed by atoms with van der Waals surface area (Å²) >= 11 is 6.12. The molecule has 0 aliphatic rings. The second-order valence-corrected chi connectivity index (χ2v) is 5.99. The Labute approximate surface area is 141 Å². The van der Waals surface area contributed by atoms with Gasteiger partial charge in [0, 0.05) is 35.7 Å². The summed E-state index contributed by atoms with van der Waals surface area (Å²) in [5.41, 5.74) is 3.06. The van der Waals surface area contributed by atoms with Crippen LogP contribution in [0.2, 0.25) is 5.02 Å². The summed E-state index contributed by atoms with van der Waals surface area (Å²) in [4.78, 5) is 18.2. The molecule has 122 valence electrons. The van der Waals surface area contributed by atoms with Crippen LogP contribution < -0.4 is 10.6 Å². The van der Waals surface area contributed by atoms with Crippen molar-refractivity contribution in [2.24, 2.45) is 0 Å². The first-order valence-corrected chi connectivity index (χ1v) is 7.75. The predicted octanol–water partition coefficient (Wildman–Crippen LogP) is 3.08. The fourth-order valence-electron chi connectivity index (χ4n) is 1.95. The molecule has 0 aliphatic heterocycles. The fourth-order valence-corrected chi connectivity index (χ4v) is 2.13. The Hall–Kier alpha value is -2.11. The van der Waals surface area contributed by atoms with Crippen molar-refractivity contribution >= 4 is 28.9 Å². The van der Waals surface area contributed by atoms with Crippen LogP contribution in [0, 0.1) is 6.92 Å². The van der Waals surface area contributed by atoms with Gasteiger partial charge >= 0.3 is 0 Å². The van der Waals surface area contributed by atoms with E-state index in [1.165, 1.54) is 0 Å². The normalized spacial score (nSPS) is 10.7. The van der Waals surface area contributed by atoms with Crippen LogP contribution in [0.25, 0.3) is 0 Å². The molecule has 2 aromatic rings. The largest absolute Gasteiger partial charge is 0.355 e. The van der Waals surface area contributed by atoms with Gasteiger partial charge in [0.1, 0.15) is 5.69 Å². The second-order valence-electron chi connectivity index (χ2n) is 5.58. The van der Waals surface area contributed by atoms with Crippen molar-refractivity contribution in [3.05, 3.63) is 52.8 Å². The van der Waals surface area contributed by atoms with Crippen molar-refractivity contribution < 1.29 is 4.79 Å². The summed E-state index contributed by atoms with van der Waals surface area (Å²) in [7, 11) is 3.92. The zero-order chi connectivity index (χ0) is 16.8. The van der Waals surface area contributed by atoms with Crippen LogP contribution in [-0.4, -0.2) is 43.0 Å². The molecule has 0 radical (unpaired) electrons. The van der Waals surface area contributed by atoms with Gasteiger partial charge in [-0.2, -0.15) is 0 Å². The van der Waals surface area contributed by atoms with E-state index in [9.17, 15) is 4.79 Å². The molecule has 1 aromatic heterocycles. The first kappa shape index (κ1) is 17.2. The van der Waals surface area contributed by atoms with Crippen LogP contribution >= 0.6 is 11.6 Å². The number of halogens is 1. The van der Waals surface area contributed by atoms with Crippen molar-refractivity contribution in [2.45, 2.75) is 6.92 Å². The van der Waals surface area contributed by atoms with Crippen LogP contribution in [0.4, 0.5) is 11.4 Å². The van der Waals surface area contributed by atoms with Crippen LogP contribution in [0.1, 0.15) is 16.1 Å². The van der Waals surface area contributed by atoms with E-state index in [2.05, 4.69) is 15.6 Å². The number of carbonyl (C=O) groups excluding carboxylic acids is 1. The van der Waals surface area contributed by atoms with Gasteiger partial charge < -0.3 is 15.5 Å². The van der Waals surface area contributed by atoms with E-state index in [4.69, 9.17) is 11.6 Å². The maximum atomic E-state index is 12.1. The number of nitrogens with zero attached hydrogens (tertiary/aromatic N) is 2. The number of aromatic nitrogens is 1. The molecule has 0 aliphatic carbocycles. The summed E-state index contributed by atoms with van der Waals surface area (Å²) < 4.78 is 0. The lowest BCUT2D eigenvalue weighted by molar-refractivity contribution is 0.0946. The van der Waals surface area contributed by atoms with E-state index < -0.39 is 0 Å². The number of likely N-dealkylation sites (N-methyl/N-ethyl adjacent to an activating group) is 1. The van der Waals surface area contributed by atoms with E-state index in [0.29, 0.717) is 17.3 Å². The van der Waals surface area contributed by atoms with Crippen LogP contribution in [-0.2, 0) is 0 Å². The first-order chi connectivity index (χ1) is 11.0. The fraction of sp³-hybridized carbons (Fsp3) is 0.294. The molecule has 23 heavy (non-hydrogen) atoms. The first-order valence-electron chi connectivity index (χ1n) is 7.38. The lowest BCUT2D eigenvalue weighted by atomic mass is 10.2. The van der Waals surface area contributed by atoms with Crippen LogP contribution in [0.3, 0.4) is 0 Å². The molecule has 0 spiro atoms. The molecule has 0 saturated carbocycles. The number of hydrogen-bond acceptors (Lipinski definition) is 4. The topological polar surface area (TPSA) is 57.3 Å². The van der Waals surface area contributed by atoms with Gasteiger partial charge in [0.2, 0.25) is 0 Å². The minimum atomic E-state index is -0.183. The maximum Gasteiger partial charge on any atom is 0.269 e. The van der Waals surface area contributed by atoms with E-state index >= 15 is 0 Å². The summed E-state index contributed by atoms with van der Waals surface area (Å²) in [5, 5.41) is 6.77. The molecule has 0 atom stereocenters. The number of anilines is 2. The number of hydrogen-bond donors (Lipinski definition) is 2. The molecule has 0 saturated heterocycles. The van der Waals surface area contributed by atoms with Crippen molar-refractivity contribution in [2.75, 3.05) is 32.5 Å². The number of benzene rings is 1. The second kappa shape index (κ2) is 7.94. The zero-order valence-corrected chi connectivity index (χ0v) is 14.3. The molecule has 0 bridgehead atoms. The Bertz CT molecular complexity index is 688. The van der Waals surface area contributed by atoms with E-state index in [0.717, 1.165) is 23.5 Å². The number of carbonyl (C=O) groups is 1. The van der Waals surface area contributed by atoms with Crippen LogP contribution in [0.5, 0.6) is 0 Å². The Morgan fingerprint density at radius 2 is 1.96 bits per heavy atom. The molecule has 1 amide bonds. The van der Waals surface area contributed by atoms with Gasteiger partial charge in [-0.05, 0) is 50.8 Å². The van der Waals surface area contributed by atoms with Gasteiger partial charge in [0.25, 0.3) is 5.91 Å². The Morgan fingerprint density at radius 3 is 2.65 bits per heavy atom. The molecule has 2 N–H and O–H groups in total. The zero-order valence-electron chi connectivity index (χ0n) is 13.6. The van der Waals surface area contributed by atoms with Gasteiger partial charge in [0.15, 0.2) is 0 Å². The SMILES string of the molecule is Cc1ccc(Nc2ccnc(C(=O)NCCN(C)C)c2)cc1Cl. The molecule has 6 heteroatoms. The Morgan fingerprint density at radius 1 is 1.22 bits per heavy atom. The van der Waals surface area contributed by atoms with E-state index in [1.54, 1.807) is 12.3 Å². The standard InChI is InChI=1S/C17H21ClN4O/c1-12-4-5-13(10-15(12)18)21-14-6-7-19-16(11-14)17(23)20-8-9-22(2)3/h4-7,10-11H,8-9H2,1-3H3,(H,19,21)(H,20,23). The van der Waals surface area contributed by atoms with Gasteiger partial charge in [-0.3, -0.25) is 9.78 Å². The lowest BCUT2D eigenvalue weighted by Gasteiger charge is -2.11. The number of pyridine rings is 1. The third-order valence-electron chi connectivity index (χ3n) is 3.30. The summed E-state index contributed by atoms with van der Waals surface area (Å²) in [6.45, 7) is 3.32. The quantitative estimate of drug-likeness (QED) is 0.853. The van der Waals surface area contributed by atoms with Gasteiger partial charge in [0.05, 0.1) is 0 Å². The van der Waals surface area contributed by atoms with E-state index in [1.807, 2.05) is 50.2 Å². The Balaban J connectivity index is 2.04. The molecule has 1 heterocycles. The molecule has 5 nitrogen and oxygen atoms in total. The molecule has 2 rings (SSSR count). The smallest absolute Gasteiger partial charge is 0.269 e. The molecule has 1 aromatic carbocycles. The van der Waals surface area contributed by atoms with Crippen molar-refractivity contribution in [1.82, 2.24) is 15.2 Å². The van der Waals surface area contributed by atoms with Gasteiger partial charge in [-0.25, -0.2) is 0 Å². The maximum absolute atomic E-state index is 12.1. The number of amides is 1. The lowest BCUT2D eigenvalue weighted by Crippen LogP contribution is -2.31. The summed E-state index contributed by atoms with van der Waals surface area (Å²) in [6.07, 6.45) is 1.61. The molecule has 0 unspecified atom stereocenters. The van der Waals surface area contributed by atoms with Crippen molar-refractivity contribution in [3.8, 4) is 0 Å². The van der Waals surface area contributed by atoms with Crippen LogP contribution in [0.15, 0.2) is 36.5 Å². The highest BCUT2D eigenvalue weighted by Crippen LogP contribution is 2.23. The van der Waals surface area contributed by atoms with Gasteiger partial charge in [-0.15, -0.1) is 0 Å². The minimum absolute atomic E-state index is 0.183. The number of nitrogens with one attached hydrogen (secondary N) is 2. The average Bonchev–Trinajstić information content (AvgIpc) is 2.51. The average molecular weight is 333 g/mol. The third kappa shape index (κ3) is 5.23. The highest BCUT2D eigenvalue weighted by Gasteiger charge is 2.08. The summed E-state index contributed by atoms with van der Waals surface area (Å²) in [6, 6.07) is 9.27. The highest BCUT2D eigenvalue weighted by atomic mass is 35.5. The Kier molecular flexibility index (Phi) is 5.96. The van der Waals surface area contributed by atoms with Crippen molar-refractivity contribution in [1.29, 1.82) is 0 Å². The summed E-state index contributed by atoms with van der Waals surface area (Å²) in [5.74, 6) is -0.183. The van der Waals surface area contributed by atoms with E-state index in [-0.39, 0.29) is 5.91 Å². The monoisotopic (exact) mass is 332 g/mol. The third-order valence-corrected chi connectivity index (χ3v) is 3.70. The van der Waals surface area contributed by atoms with Crippen molar-refractivity contribution in [3.63, 3.8) is 0 Å². The van der Waals surface area contributed by atoms with Gasteiger partial charge in [-0.1, -0.05) is 17.7 Å². The number of aryl methyl sites for hydroxylation is 1.